The molecular weight excluding hydrogens is 256 g/mol. The van der Waals surface area contributed by atoms with Crippen LogP contribution in [0.4, 0.5) is 8.78 Å². The van der Waals surface area contributed by atoms with Gasteiger partial charge >= 0.3 is 5.97 Å². The van der Waals surface area contributed by atoms with Gasteiger partial charge in [0.1, 0.15) is 5.15 Å². The van der Waals surface area contributed by atoms with Crippen LogP contribution in [-0.2, 0) is 16.0 Å². The van der Waals surface area contributed by atoms with Gasteiger partial charge in [-0.05, 0) is 6.07 Å². The van der Waals surface area contributed by atoms with E-state index in [-0.39, 0.29) is 23.0 Å². The number of halogens is 3. The summed E-state index contributed by atoms with van der Waals surface area (Å²) >= 11 is 5.56. The number of methoxy groups -OCH3 is 2. The van der Waals surface area contributed by atoms with Gasteiger partial charge in [-0.1, -0.05) is 11.6 Å². The number of aromatic nitrogens is 1. The SMILES string of the molecule is COC(=O)Cc1cc(C(F)F)c(Cl)nc1OC. The van der Waals surface area contributed by atoms with Gasteiger partial charge in [0.2, 0.25) is 5.88 Å². The molecule has 0 aliphatic carbocycles. The van der Waals surface area contributed by atoms with Gasteiger partial charge in [0.15, 0.2) is 0 Å². The number of esters is 1. The molecule has 0 saturated heterocycles. The predicted octanol–water partition coefficient (Wildman–Crippen LogP) is 2.40. The normalized spacial score (nSPS) is 10.5. The molecule has 0 fully saturated rings. The van der Waals surface area contributed by atoms with Crippen molar-refractivity contribution in [3.63, 3.8) is 0 Å². The Morgan fingerprint density at radius 3 is 2.65 bits per heavy atom. The Kier molecular flexibility index (Phi) is 4.62. The smallest absolute Gasteiger partial charge is 0.310 e. The van der Waals surface area contributed by atoms with Crippen molar-refractivity contribution in [3.8, 4) is 5.88 Å². The molecule has 0 aromatic carbocycles. The summed E-state index contributed by atoms with van der Waals surface area (Å²) in [5, 5.41) is -0.342. The Labute approximate surface area is 101 Å². The fourth-order valence-corrected chi connectivity index (χ4v) is 1.43. The third-order valence-corrected chi connectivity index (χ3v) is 2.34. The molecule has 0 amide bonds. The third kappa shape index (κ3) is 3.26. The average molecular weight is 266 g/mol. The molecule has 0 saturated carbocycles. The molecule has 0 aliphatic heterocycles. The van der Waals surface area contributed by atoms with Crippen LogP contribution in [-0.4, -0.2) is 25.2 Å². The number of carbonyl (C=O) groups is 1. The molecule has 94 valence electrons. The maximum absolute atomic E-state index is 12.6. The fraction of sp³-hybridized carbons (Fsp3) is 0.400. The molecular formula is C10H10ClF2NO3. The number of ether oxygens (including phenoxy) is 2. The largest absolute Gasteiger partial charge is 0.481 e. The van der Waals surface area contributed by atoms with Gasteiger partial charge in [0.05, 0.1) is 26.2 Å². The molecule has 0 unspecified atom stereocenters. The van der Waals surface area contributed by atoms with E-state index >= 15 is 0 Å². The first-order valence-corrected chi connectivity index (χ1v) is 4.95. The minimum atomic E-state index is -2.77. The summed E-state index contributed by atoms with van der Waals surface area (Å²) < 4.78 is 34.5. The Morgan fingerprint density at radius 2 is 2.18 bits per heavy atom. The topological polar surface area (TPSA) is 48.4 Å². The van der Waals surface area contributed by atoms with Gasteiger partial charge in [-0.2, -0.15) is 0 Å². The van der Waals surface area contributed by atoms with Crippen LogP contribution in [0.15, 0.2) is 6.07 Å². The van der Waals surface area contributed by atoms with E-state index in [0.29, 0.717) is 0 Å². The standard InChI is InChI=1S/C10H10ClF2NO3/c1-16-7(15)4-5-3-6(9(12)13)8(11)14-10(5)17-2/h3,9H,4H2,1-2H3. The first kappa shape index (κ1) is 13.6. The number of carbonyl (C=O) groups excluding carboxylic acids is 1. The van der Waals surface area contributed by atoms with Crippen molar-refractivity contribution in [1.29, 1.82) is 0 Å². The van der Waals surface area contributed by atoms with Gasteiger partial charge in [-0.15, -0.1) is 0 Å². The van der Waals surface area contributed by atoms with E-state index in [1.807, 2.05) is 0 Å². The molecule has 0 spiro atoms. The van der Waals surface area contributed by atoms with Crippen molar-refractivity contribution < 1.29 is 23.0 Å². The molecule has 7 heteroatoms. The minimum Gasteiger partial charge on any atom is -0.481 e. The number of alkyl halides is 2. The average Bonchev–Trinajstić information content (AvgIpc) is 2.30. The van der Waals surface area contributed by atoms with Crippen LogP contribution in [0.1, 0.15) is 17.6 Å². The zero-order chi connectivity index (χ0) is 13.0. The lowest BCUT2D eigenvalue weighted by Crippen LogP contribution is -2.08. The summed E-state index contributed by atoms with van der Waals surface area (Å²) in [6.45, 7) is 0. The Balaban J connectivity index is 3.16. The Morgan fingerprint density at radius 1 is 1.53 bits per heavy atom. The molecule has 0 N–H and O–H groups in total. The van der Waals surface area contributed by atoms with Crippen molar-refractivity contribution in [2.24, 2.45) is 0 Å². The van der Waals surface area contributed by atoms with Crippen LogP contribution in [0.5, 0.6) is 5.88 Å². The number of hydrogen-bond donors (Lipinski definition) is 0. The van der Waals surface area contributed by atoms with E-state index < -0.39 is 18.0 Å². The highest BCUT2D eigenvalue weighted by atomic mass is 35.5. The molecule has 1 aromatic rings. The summed E-state index contributed by atoms with van der Waals surface area (Å²) in [5.74, 6) is -0.544. The van der Waals surface area contributed by atoms with Crippen LogP contribution in [0.25, 0.3) is 0 Å². The summed E-state index contributed by atoms with van der Waals surface area (Å²) in [4.78, 5) is 14.7. The first-order valence-electron chi connectivity index (χ1n) is 4.57. The zero-order valence-corrected chi connectivity index (χ0v) is 9.92. The molecule has 0 atom stereocenters. The second kappa shape index (κ2) is 5.77. The summed E-state index contributed by atoms with van der Waals surface area (Å²) in [6, 6.07) is 1.09. The molecule has 1 rings (SSSR count). The van der Waals surface area contributed by atoms with E-state index in [1.165, 1.54) is 14.2 Å². The highest BCUT2D eigenvalue weighted by molar-refractivity contribution is 6.30. The second-order valence-corrected chi connectivity index (χ2v) is 3.45. The van der Waals surface area contributed by atoms with Crippen LogP contribution >= 0.6 is 11.6 Å². The van der Waals surface area contributed by atoms with E-state index in [0.717, 1.165) is 6.07 Å². The van der Waals surface area contributed by atoms with Crippen LogP contribution < -0.4 is 4.74 Å². The molecule has 1 aromatic heterocycles. The van der Waals surface area contributed by atoms with E-state index in [2.05, 4.69) is 9.72 Å². The van der Waals surface area contributed by atoms with Crippen molar-refractivity contribution in [2.45, 2.75) is 12.8 Å². The predicted molar refractivity (Wildman–Crippen MR) is 56.5 cm³/mol. The van der Waals surface area contributed by atoms with Gasteiger partial charge in [0, 0.05) is 5.56 Å². The summed E-state index contributed by atoms with van der Waals surface area (Å²) in [5.41, 5.74) is -0.231. The van der Waals surface area contributed by atoms with E-state index in [9.17, 15) is 13.6 Å². The van der Waals surface area contributed by atoms with Gasteiger partial charge in [0.25, 0.3) is 6.43 Å². The molecule has 0 bridgehead atoms. The monoisotopic (exact) mass is 265 g/mol. The maximum Gasteiger partial charge on any atom is 0.310 e. The van der Waals surface area contributed by atoms with Crippen molar-refractivity contribution >= 4 is 17.6 Å². The van der Waals surface area contributed by atoms with Gasteiger partial charge in [-0.3, -0.25) is 4.79 Å². The highest BCUT2D eigenvalue weighted by Gasteiger charge is 2.19. The Bertz CT molecular complexity index is 426. The van der Waals surface area contributed by atoms with Gasteiger partial charge in [-0.25, -0.2) is 13.8 Å². The van der Waals surface area contributed by atoms with E-state index in [4.69, 9.17) is 16.3 Å². The fourth-order valence-electron chi connectivity index (χ4n) is 1.22. The molecule has 17 heavy (non-hydrogen) atoms. The maximum atomic E-state index is 12.6. The van der Waals surface area contributed by atoms with Crippen molar-refractivity contribution in [3.05, 3.63) is 22.3 Å². The highest BCUT2D eigenvalue weighted by Crippen LogP contribution is 2.30. The molecule has 0 radical (unpaired) electrons. The number of rotatable bonds is 4. The Hall–Kier alpha value is -1.43. The number of nitrogens with zero attached hydrogens (tertiary/aromatic N) is 1. The van der Waals surface area contributed by atoms with Crippen molar-refractivity contribution in [2.75, 3.05) is 14.2 Å². The molecule has 0 aliphatic rings. The lowest BCUT2D eigenvalue weighted by Gasteiger charge is -2.10. The summed E-state index contributed by atoms with van der Waals surface area (Å²) in [6.07, 6.45) is -2.97. The lowest BCUT2D eigenvalue weighted by atomic mass is 10.1. The molecule has 4 nitrogen and oxygen atoms in total. The first-order chi connectivity index (χ1) is 7.99. The van der Waals surface area contributed by atoms with Crippen LogP contribution in [0, 0.1) is 0 Å². The minimum absolute atomic E-state index is 0.0322. The lowest BCUT2D eigenvalue weighted by molar-refractivity contribution is -0.139. The zero-order valence-electron chi connectivity index (χ0n) is 9.17. The molecule has 1 heterocycles. The van der Waals surface area contributed by atoms with E-state index in [1.54, 1.807) is 0 Å². The number of pyridine rings is 1. The number of hydrogen-bond acceptors (Lipinski definition) is 4. The third-order valence-electron chi connectivity index (χ3n) is 2.03. The second-order valence-electron chi connectivity index (χ2n) is 3.09. The quantitative estimate of drug-likeness (QED) is 0.620. The summed E-state index contributed by atoms with van der Waals surface area (Å²) in [7, 11) is 2.51. The van der Waals surface area contributed by atoms with Crippen LogP contribution in [0.2, 0.25) is 5.15 Å². The van der Waals surface area contributed by atoms with Crippen LogP contribution in [0.3, 0.4) is 0 Å². The van der Waals surface area contributed by atoms with Crippen molar-refractivity contribution in [1.82, 2.24) is 4.98 Å². The van der Waals surface area contributed by atoms with Gasteiger partial charge < -0.3 is 9.47 Å².